The minimum atomic E-state index is -1.02. The smallest absolute Gasteiger partial charge is 0.352 e. The number of carbonyl (C=O) groups excluding carboxylic acids is 2. The maximum Gasteiger partial charge on any atom is 0.352 e. The van der Waals surface area contributed by atoms with Crippen LogP contribution in [-0.2, 0) is 14.3 Å². The van der Waals surface area contributed by atoms with Gasteiger partial charge in [0.2, 0.25) is 0 Å². The van der Waals surface area contributed by atoms with Crippen LogP contribution in [0, 0.1) is 0 Å². The van der Waals surface area contributed by atoms with Gasteiger partial charge in [-0.2, -0.15) is 0 Å². The highest BCUT2D eigenvalue weighted by atomic mass is 16.6. The fraction of sp³-hybridized carbons (Fsp3) is 0.231. The highest BCUT2D eigenvalue weighted by Gasteiger charge is 2.20. The fourth-order valence-corrected chi connectivity index (χ4v) is 1.02. The molecule has 1 unspecified atom stereocenters. The molecule has 1 rings (SSSR count). The van der Waals surface area contributed by atoms with Crippen LogP contribution in [0.2, 0.25) is 0 Å². The predicted molar refractivity (Wildman–Crippen MR) is 64.1 cm³/mol. The molecule has 0 radical (unpaired) electrons. The summed E-state index contributed by atoms with van der Waals surface area (Å²) >= 11 is 0. The second-order valence-corrected chi connectivity index (χ2v) is 3.74. The van der Waals surface area contributed by atoms with Crippen LogP contribution in [-0.4, -0.2) is 23.1 Å². The molecule has 0 aliphatic heterocycles. The molecule has 0 fully saturated rings. The summed E-state index contributed by atoms with van der Waals surface area (Å²) < 4.78 is 9.76. The van der Waals surface area contributed by atoms with Crippen LogP contribution in [0.5, 0.6) is 11.5 Å². The lowest BCUT2D eigenvalue weighted by atomic mass is 10.3. The van der Waals surface area contributed by atoms with Crippen LogP contribution in [0.4, 0.5) is 0 Å². The first kappa shape index (κ1) is 13.8. The molecule has 0 spiro atoms. The molecule has 0 bridgehead atoms. The highest BCUT2D eigenvalue weighted by Crippen LogP contribution is 2.16. The zero-order valence-corrected chi connectivity index (χ0v) is 10.2. The quantitative estimate of drug-likeness (QED) is 0.501. The summed E-state index contributed by atoms with van der Waals surface area (Å²) in [6, 6.07) is 5.63. The first-order valence-electron chi connectivity index (χ1n) is 5.27. The number of phenols is 1. The van der Waals surface area contributed by atoms with Crippen LogP contribution in [0.3, 0.4) is 0 Å². The third-order valence-electron chi connectivity index (χ3n) is 2.02. The lowest BCUT2D eigenvalue weighted by molar-refractivity contribution is -0.158. The Bertz CT molecular complexity index is 461. The number of aromatic hydroxyl groups is 1. The van der Waals surface area contributed by atoms with Gasteiger partial charge in [-0.15, -0.1) is 0 Å². The number of hydrogen-bond acceptors (Lipinski definition) is 5. The molecule has 0 saturated heterocycles. The van der Waals surface area contributed by atoms with Gasteiger partial charge in [-0.1, -0.05) is 6.58 Å². The monoisotopic (exact) mass is 250 g/mol. The summed E-state index contributed by atoms with van der Waals surface area (Å²) in [5, 5.41) is 9.06. The largest absolute Gasteiger partial charge is 0.508 e. The fourth-order valence-electron chi connectivity index (χ4n) is 1.02. The van der Waals surface area contributed by atoms with E-state index < -0.39 is 18.0 Å². The molecule has 1 N–H and O–H groups in total. The van der Waals surface area contributed by atoms with E-state index in [2.05, 4.69) is 6.58 Å². The minimum Gasteiger partial charge on any atom is -0.508 e. The molecule has 1 atom stereocenters. The molecular formula is C13H14O5. The SMILES string of the molecule is C=C(C)C(=O)OC(C)C(=O)Oc1ccc(O)cc1. The first-order chi connectivity index (χ1) is 8.40. The van der Waals surface area contributed by atoms with Crippen molar-refractivity contribution in [3.63, 3.8) is 0 Å². The Kier molecular flexibility index (Phi) is 4.48. The molecule has 0 aliphatic rings. The second-order valence-electron chi connectivity index (χ2n) is 3.74. The van der Waals surface area contributed by atoms with Crippen LogP contribution < -0.4 is 4.74 Å². The average Bonchev–Trinajstić information content (AvgIpc) is 2.31. The first-order valence-corrected chi connectivity index (χ1v) is 5.27. The van der Waals surface area contributed by atoms with E-state index in [-0.39, 0.29) is 17.1 Å². The number of esters is 2. The van der Waals surface area contributed by atoms with Crippen molar-refractivity contribution < 1.29 is 24.2 Å². The number of rotatable bonds is 4. The van der Waals surface area contributed by atoms with Crippen molar-refractivity contribution in [3.05, 3.63) is 36.4 Å². The van der Waals surface area contributed by atoms with E-state index in [0.717, 1.165) is 0 Å². The Labute approximate surface area is 105 Å². The summed E-state index contributed by atoms with van der Waals surface area (Å²) in [7, 11) is 0. The lowest BCUT2D eigenvalue weighted by Crippen LogP contribution is -2.28. The summed E-state index contributed by atoms with van der Waals surface area (Å²) in [4.78, 5) is 22.8. The van der Waals surface area contributed by atoms with E-state index in [1.807, 2.05) is 0 Å². The van der Waals surface area contributed by atoms with Gasteiger partial charge in [0, 0.05) is 5.57 Å². The summed E-state index contributed by atoms with van der Waals surface area (Å²) in [6.45, 7) is 6.30. The third-order valence-corrected chi connectivity index (χ3v) is 2.02. The summed E-state index contributed by atoms with van der Waals surface area (Å²) in [6.07, 6.45) is -1.02. The Morgan fingerprint density at radius 2 is 1.83 bits per heavy atom. The van der Waals surface area contributed by atoms with Crippen LogP contribution in [0.15, 0.2) is 36.4 Å². The predicted octanol–water partition coefficient (Wildman–Crippen LogP) is 1.81. The van der Waals surface area contributed by atoms with Gasteiger partial charge in [-0.3, -0.25) is 0 Å². The average molecular weight is 250 g/mol. The minimum absolute atomic E-state index is 0.0663. The van der Waals surface area contributed by atoms with Crippen molar-refractivity contribution in [3.8, 4) is 11.5 Å². The zero-order chi connectivity index (χ0) is 13.7. The molecule has 18 heavy (non-hydrogen) atoms. The van der Waals surface area contributed by atoms with Gasteiger partial charge >= 0.3 is 11.9 Å². The van der Waals surface area contributed by atoms with E-state index in [1.165, 1.54) is 38.1 Å². The van der Waals surface area contributed by atoms with Gasteiger partial charge in [0.05, 0.1) is 0 Å². The Hall–Kier alpha value is -2.30. The Morgan fingerprint density at radius 1 is 1.28 bits per heavy atom. The highest BCUT2D eigenvalue weighted by molar-refractivity contribution is 5.89. The van der Waals surface area contributed by atoms with Crippen LogP contribution >= 0.6 is 0 Å². The summed E-state index contributed by atoms with van der Waals surface area (Å²) in [5.41, 5.74) is 0.208. The normalized spacial score (nSPS) is 11.4. The van der Waals surface area contributed by atoms with Crippen molar-refractivity contribution in [2.75, 3.05) is 0 Å². The van der Waals surface area contributed by atoms with E-state index in [0.29, 0.717) is 0 Å². The molecule has 5 heteroatoms. The molecule has 0 aliphatic carbocycles. The molecule has 0 heterocycles. The van der Waals surface area contributed by atoms with E-state index in [9.17, 15) is 9.59 Å². The molecule has 0 amide bonds. The molecular weight excluding hydrogens is 236 g/mol. The summed E-state index contributed by atoms with van der Waals surface area (Å²) in [5.74, 6) is -1.02. The standard InChI is InChI=1S/C13H14O5/c1-8(2)12(15)17-9(3)13(16)18-11-6-4-10(14)5-7-11/h4-7,9,14H,1H2,2-3H3. The van der Waals surface area contributed by atoms with E-state index in [4.69, 9.17) is 14.6 Å². The maximum absolute atomic E-state index is 11.6. The zero-order valence-electron chi connectivity index (χ0n) is 10.2. The molecule has 0 aromatic heterocycles. The van der Waals surface area contributed by atoms with E-state index >= 15 is 0 Å². The van der Waals surface area contributed by atoms with Crippen molar-refractivity contribution in [2.45, 2.75) is 20.0 Å². The number of phenolic OH excluding ortho intramolecular Hbond substituents is 1. The van der Waals surface area contributed by atoms with Crippen molar-refractivity contribution in [1.29, 1.82) is 0 Å². The molecule has 5 nitrogen and oxygen atoms in total. The Balaban J connectivity index is 2.57. The van der Waals surface area contributed by atoms with Crippen LogP contribution in [0.25, 0.3) is 0 Å². The second kappa shape index (κ2) is 5.86. The molecule has 96 valence electrons. The van der Waals surface area contributed by atoms with E-state index in [1.54, 1.807) is 0 Å². The molecule has 1 aromatic rings. The Morgan fingerprint density at radius 3 is 2.33 bits per heavy atom. The van der Waals surface area contributed by atoms with Gasteiger partial charge in [0.25, 0.3) is 0 Å². The number of ether oxygens (including phenoxy) is 2. The van der Waals surface area contributed by atoms with Crippen LogP contribution in [0.1, 0.15) is 13.8 Å². The molecule has 1 aromatic carbocycles. The number of hydrogen-bond donors (Lipinski definition) is 1. The van der Waals surface area contributed by atoms with Crippen molar-refractivity contribution in [1.82, 2.24) is 0 Å². The lowest BCUT2D eigenvalue weighted by Gasteiger charge is -2.12. The maximum atomic E-state index is 11.6. The van der Waals surface area contributed by atoms with Gasteiger partial charge in [0.1, 0.15) is 11.5 Å². The van der Waals surface area contributed by atoms with Gasteiger partial charge in [-0.05, 0) is 38.1 Å². The van der Waals surface area contributed by atoms with Gasteiger partial charge < -0.3 is 14.6 Å². The van der Waals surface area contributed by atoms with Gasteiger partial charge in [0.15, 0.2) is 6.10 Å². The number of benzene rings is 1. The topological polar surface area (TPSA) is 72.8 Å². The third kappa shape index (κ3) is 3.93. The van der Waals surface area contributed by atoms with Crippen molar-refractivity contribution >= 4 is 11.9 Å². The van der Waals surface area contributed by atoms with Gasteiger partial charge in [-0.25, -0.2) is 9.59 Å². The number of carbonyl (C=O) groups is 2. The molecule has 0 saturated carbocycles. The van der Waals surface area contributed by atoms with Crippen molar-refractivity contribution in [2.24, 2.45) is 0 Å².